The molecule has 6 atom stereocenters. The Hall–Kier alpha value is -0.860. The molecule has 2 heteroatoms. The van der Waals surface area contributed by atoms with E-state index in [2.05, 4.69) is 45.9 Å². The average molecular weight is 328 g/mol. The predicted molar refractivity (Wildman–Crippen MR) is 97.4 cm³/mol. The highest BCUT2D eigenvalue weighted by Gasteiger charge is 2.56. The molecule has 4 aliphatic rings. The van der Waals surface area contributed by atoms with Crippen LogP contribution in [0.25, 0.3) is 0 Å². The van der Waals surface area contributed by atoms with Crippen molar-refractivity contribution in [2.24, 2.45) is 28.6 Å². The topological polar surface area (TPSA) is 40.5 Å². The fourth-order valence-corrected chi connectivity index (χ4v) is 6.56. The second-order valence-electron chi connectivity index (χ2n) is 9.36. The molecule has 4 aliphatic carbocycles. The summed E-state index contributed by atoms with van der Waals surface area (Å²) < 4.78 is 0. The molecule has 2 fully saturated rings. The summed E-state index contributed by atoms with van der Waals surface area (Å²) in [4.78, 5) is 0. The smallest absolute Gasteiger partial charge is 0.0661 e. The Labute approximate surface area is 146 Å². The molecule has 2 saturated carbocycles. The molecular weight excluding hydrogens is 296 g/mol. The normalized spacial score (nSPS) is 47.4. The molecule has 0 heterocycles. The molecule has 0 saturated heterocycles. The van der Waals surface area contributed by atoms with Gasteiger partial charge in [-0.15, -0.1) is 0 Å². The summed E-state index contributed by atoms with van der Waals surface area (Å²) in [5, 5.41) is 21.0. The minimum atomic E-state index is -0.426. The molecule has 2 nitrogen and oxygen atoms in total. The fraction of sp³-hybridized carbons (Fsp3) is 0.727. The second-order valence-corrected chi connectivity index (χ2v) is 9.36. The lowest BCUT2D eigenvalue weighted by Gasteiger charge is -2.56. The summed E-state index contributed by atoms with van der Waals surface area (Å²) in [6, 6.07) is 0. The van der Waals surface area contributed by atoms with Crippen LogP contribution in [0.3, 0.4) is 0 Å². The second kappa shape index (κ2) is 5.32. The summed E-state index contributed by atoms with van der Waals surface area (Å²) >= 11 is 0. The van der Waals surface area contributed by atoms with Crippen molar-refractivity contribution in [1.82, 2.24) is 0 Å². The molecule has 0 bridgehead atoms. The van der Waals surface area contributed by atoms with E-state index >= 15 is 0 Å². The quantitative estimate of drug-likeness (QED) is 0.701. The zero-order chi connectivity index (χ0) is 17.3. The van der Waals surface area contributed by atoms with Crippen LogP contribution in [0, 0.1) is 28.6 Å². The van der Waals surface area contributed by atoms with Crippen LogP contribution in [-0.2, 0) is 0 Å². The van der Waals surface area contributed by atoms with Crippen LogP contribution in [0.1, 0.15) is 59.8 Å². The molecule has 0 aromatic rings. The first-order chi connectivity index (χ1) is 11.3. The van der Waals surface area contributed by atoms with Crippen LogP contribution >= 0.6 is 0 Å². The van der Waals surface area contributed by atoms with Gasteiger partial charge in [-0.3, -0.25) is 0 Å². The van der Waals surface area contributed by atoms with Crippen molar-refractivity contribution in [3.8, 4) is 0 Å². The summed E-state index contributed by atoms with van der Waals surface area (Å²) in [7, 11) is 0. The third-order valence-electron chi connectivity index (χ3n) is 7.92. The Morgan fingerprint density at radius 1 is 1.12 bits per heavy atom. The van der Waals surface area contributed by atoms with E-state index in [9.17, 15) is 10.2 Å². The largest absolute Gasteiger partial charge is 0.393 e. The van der Waals surface area contributed by atoms with Crippen LogP contribution in [0.5, 0.6) is 0 Å². The third-order valence-corrected chi connectivity index (χ3v) is 7.92. The highest BCUT2D eigenvalue weighted by atomic mass is 16.3. The van der Waals surface area contributed by atoms with E-state index < -0.39 is 6.10 Å². The highest BCUT2D eigenvalue weighted by Crippen LogP contribution is 2.64. The van der Waals surface area contributed by atoms with Crippen LogP contribution in [0.15, 0.2) is 34.9 Å². The molecule has 132 valence electrons. The SMILES string of the molecule is CC(C)C1=CCC2C3=CC=C4C[C@@H](O)C[C@H](O)[C@]4(C)C3CC[C@]12C. The van der Waals surface area contributed by atoms with Crippen LogP contribution in [-0.4, -0.2) is 22.4 Å². The maximum absolute atomic E-state index is 10.9. The first-order valence-electron chi connectivity index (χ1n) is 9.76. The number of hydrogen-bond acceptors (Lipinski definition) is 2. The minimum absolute atomic E-state index is 0.175. The zero-order valence-corrected chi connectivity index (χ0v) is 15.5. The van der Waals surface area contributed by atoms with Gasteiger partial charge in [-0.2, -0.15) is 0 Å². The number of hydrogen-bond donors (Lipinski definition) is 2. The zero-order valence-electron chi connectivity index (χ0n) is 15.5. The molecular formula is C22H32O2. The monoisotopic (exact) mass is 328 g/mol. The lowest BCUT2D eigenvalue weighted by Crippen LogP contribution is -2.52. The average Bonchev–Trinajstić information content (AvgIpc) is 2.86. The van der Waals surface area contributed by atoms with E-state index in [-0.39, 0.29) is 11.5 Å². The van der Waals surface area contributed by atoms with Crippen molar-refractivity contribution in [1.29, 1.82) is 0 Å². The van der Waals surface area contributed by atoms with Gasteiger partial charge < -0.3 is 10.2 Å². The number of fused-ring (bicyclic) bond motifs is 5. The summed E-state index contributed by atoms with van der Waals surface area (Å²) in [5.74, 6) is 1.66. The Bertz CT molecular complexity index is 640. The van der Waals surface area contributed by atoms with Crippen molar-refractivity contribution in [3.05, 3.63) is 34.9 Å². The molecule has 0 spiro atoms. The summed E-state index contributed by atoms with van der Waals surface area (Å²) in [6.45, 7) is 9.37. The number of rotatable bonds is 1. The fourth-order valence-electron chi connectivity index (χ4n) is 6.56. The lowest BCUT2D eigenvalue weighted by molar-refractivity contribution is -0.0492. The molecule has 4 rings (SSSR count). The van der Waals surface area contributed by atoms with E-state index in [0.717, 1.165) is 19.3 Å². The predicted octanol–water partition coefficient (Wildman–Crippen LogP) is 4.39. The third kappa shape index (κ3) is 2.02. The van der Waals surface area contributed by atoms with Crippen molar-refractivity contribution >= 4 is 0 Å². The van der Waals surface area contributed by atoms with Gasteiger partial charge in [0.2, 0.25) is 0 Å². The van der Waals surface area contributed by atoms with E-state index in [4.69, 9.17) is 0 Å². The van der Waals surface area contributed by atoms with E-state index in [1.165, 1.54) is 12.0 Å². The molecule has 2 N–H and O–H groups in total. The Kier molecular flexibility index (Phi) is 3.68. The summed E-state index contributed by atoms with van der Waals surface area (Å²) in [5.41, 5.74) is 4.60. The Morgan fingerprint density at radius 3 is 2.58 bits per heavy atom. The van der Waals surface area contributed by atoms with Crippen molar-refractivity contribution in [2.45, 2.75) is 72.0 Å². The first-order valence-corrected chi connectivity index (χ1v) is 9.76. The van der Waals surface area contributed by atoms with Crippen molar-refractivity contribution < 1.29 is 10.2 Å². The standard InChI is InChI=1S/C22H32O2/c1-13(2)17-7-8-18-16-6-5-14-11-15(23)12-20(24)22(14,4)19(16)9-10-21(17,18)3/h5-7,13,15,18-20,23-24H,8-12H2,1-4H3/t15-,18?,19?,20+,21-,22+/m1/s1. The van der Waals surface area contributed by atoms with Gasteiger partial charge in [0.15, 0.2) is 0 Å². The molecule has 2 unspecified atom stereocenters. The number of aliphatic hydroxyl groups is 2. The maximum Gasteiger partial charge on any atom is 0.0661 e. The Balaban J connectivity index is 1.74. The van der Waals surface area contributed by atoms with Gasteiger partial charge in [-0.05, 0) is 48.9 Å². The maximum atomic E-state index is 10.9. The van der Waals surface area contributed by atoms with Crippen LogP contribution in [0.4, 0.5) is 0 Å². The van der Waals surface area contributed by atoms with Crippen molar-refractivity contribution in [3.63, 3.8) is 0 Å². The Morgan fingerprint density at radius 2 is 1.88 bits per heavy atom. The van der Waals surface area contributed by atoms with Gasteiger partial charge in [0.25, 0.3) is 0 Å². The molecule has 0 radical (unpaired) electrons. The first kappa shape index (κ1) is 16.6. The van der Waals surface area contributed by atoms with Gasteiger partial charge >= 0.3 is 0 Å². The van der Waals surface area contributed by atoms with Gasteiger partial charge in [0.1, 0.15) is 0 Å². The van der Waals surface area contributed by atoms with Gasteiger partial charge in [0.05, 0.1) is 12.2 Å². The van der Waals surface area contributed by atoms with Crippen molar-refractivity contribution in [2.75, 3.05) is 0 Å². The van der Waals surface area contributed by atoms with Gasteiger partial charge in [-0.1, -0.05) is 62.6 Å². The lowest BCUT2D eigenvalue weighted by atomic mass is 9.49. The minimum Gasteiger partial charge on any atom is -0.393 e. The number of allylic oxidation sites excluding steroid dienone is 5. The van der Waals surface area contributed by atoms with Crippen LogP contribution in [0.2, 0.25) is 0 Å². The van der Waals surface area contributed by atoms with Gasteiger partial charge in [-0.25, -0.2) is 0 Å². The van der Waals surface area contributed by atoms with E-state index in [1.807, 2.05) is 0 Å². The molecule has 0 amide bonds. The van der Waals surface area contributed by atoms with Gasteiger partial charge in [0, 0.05) is 11.8 Å². The summed E-state index contributed by atoms with van der Waals surface area (Å²) in [6.07, 6.45) is 11.1. The molecule has 0 aliphatic heterocycles. The molecule has 0 aromatic carbocycles. The van der Waals surface area contributed by atoms with E-state index in [0.29, 0.717) is 29.6 Å². The number of aliphatic hydroxyl groups excluding tert-OH is 2. The molecule has 0 aromatic heterocycles. The van der Waals surface area contributed by atoms with E-state index in [1.54, 1.807) is 11.1 Å². The molecule has 24 heavy (non-hydrogen) atoms. The highest BCUT2D eigenvalue weighted by molar-refractivity contribution is 5.43. The van der Waals surface area contributed by atoms with Crippen LogP contribution < -0.4 is 0 Å².